The van der Waals surface area contributed by atoms with Crippen molar-refractivity contribution >= 4 is 31.6 Å². The predicted molar refractivity (Wildman–Crippen MR) is 153 cm³/mol. The van der Waals surface area contributed by atoms with E-state index in [1.807, 2.05) is 6.92 Å². The molecular formula is C29H52O2SiSn. The predicted octanol–water partition coefficient (Wildman–Crippen LogP) is 7.54. The van der Waals surface area contributed by atoms with E-state index in [0.717, 1.165) is 5.57 Å². The van der Waals surface area contributed by atoms with Gasteiger partial charge in [0.05, 0.1) is 0 Å². The van der Waals surface area contributed by atoms with Crippen molar-refractivity contribution < 1.29 is 10.2 Å². The van der Waals surface area contributed by atoms with Crippen LogP contribution in [0.1, 0.15) is 79.6 Å². The van der Waals surface area contributed by atoms with Crippen LogP contribution in [0.15, 0.2) is 51.3 Å². The van der Waals surface area contributed by atoms with Crippen molar-refractivity contribution in [2.24, 2.45) is 0 Å². The Bertz CT molecular complexity index is 715. The van der Waals surface area contributed by atoms with Gasteiger partial charge in [-0.25, -0.2) is 0 Å². The molecule has 0 aliphatic carbocycles. The Morgan fingerprint density at radius 1 is 0.939 bits per heavy atom. The second kappa shape index (κ2) is 14.9. The van der Waals surface area contributed by atoms with Crippen LogP contribution in [0, 0.1) is 0 Å². The first kappa shape index (κ1) is 30.7. The van der Waals surface area contributed by atoms with Gasteiger partial charge in [-0.1, -0.05) is 0 Å². The summed E-state index contributed by atoms with van der Waals surface area (Å²) in [5.74, 6) is 0. The molecule has 4 heteroatoms. The summed E-state index contributed by atoms with van der Waals surface area (Å²) in [6.45, 7) is 15.9. The zero-order valence-electron chi connectivity index (χ0n) is 22.7. The minimum absolute atomic E-state index is 0.0113. The number of aliphatic hydroxyl groups is 2. The molecule has 0 heterocycles. The third-order valence-corrected chi connectivity index (χ3v) is 26.7. The third-order valence-electron chi connectivity index (χ3n) is 7.49. The van der Waals surface area contributed by atoms with Crippen LogP contribution in [-0.2, 0) is 0 Å². The Morgan fingerprint density at radius 3 is 1.85 bits per heavy atom. The van der Waals surface area contributed by atoms with E-state index >= 15 is 0 Å². The summed E-state index contributed by atoms with van der Waals surface area (Å²) in [6.07, 6.45) is 10.6. The van der Waals surface area contributed by atoms with Gasteiger partial charge in [-0.2, -0.15) is 0 Å². The van der Waals surface area contributed by atoms with Crippen molar-refractivity contribution in [3.8, 4) is 0 Å². The molecule has 0 saturated carbocycles. The van der Waals surface area contributed by atoms with Crippen molar-refractivity contribution in [3.63, 3.8) is 0 Å². The van der Waals surface area contributed by atoms with Gasteiger partial charge in [0.15, 0.2) is 0 Å². The summed E-state index contributed by atoms with van der Waals surface area (Å²) in [5.41, 5.74) is 2.79. The van der Waals surface area contributed by atoms with Gasteiger partial charge in [-0.15, -0.1) is 0 Å². The van der Waals surface area contributed by atoms with Gasteiger partial charge in [0, 0.05) is 0 Å². The van der Waals surface area contributed by atoms with E-state index in [2.05, 4.69) is 82.9 Å². The molecule has 0 saturated heterocycles. The molecule has 0 aliphatic heterocycles. The standard InChI is InChI=1S/C17H25O2Si.3C4H9.Sn/c1-15(17(2,19)12-13-18)9-8-14-20(3,4)16-10-6-5-7-11-16;3*1-3-4-2;/h5-7,9-11,14,18-19H,12-13H2,1-4H3;3*1,3-4H2,2H3;/b14-8?,15-9+;;;;/t17-;;;;/m1..../s1. The van der Waals surface area contributed by atoms with Crippen LogP contribution in [0.5, 0.6) is 0 Å². The summed E-state index contributed by atoms with van der Waals surface area (Å²) in [7, 11) is -1.80. The van der Waals surface area contributed by atoms with Crippen molar-refractivity contribution in [3.05, 3.63) is 51.3 Å². The van der Waals surface area contributed by atoms with Crippen LogP contribution < -0.4 is 5.19 Å². The average molecular weight is 580 g/mol. The normalized spacial score (nSPS) is 15.5. The summed E-state index contributed by atoms with van der Waals surface area (Å²) in [4.78, 5) is 0. The van der Waals surface area contributed by atoms with Crippen molar-refractivity contribution in [1.29, 1.82) is 0 Å². The van der Waals surface area contributed by atoms with E-state index in [0.29, 0.717) is 6.42 Å². The maximum absolute atomic E-state index is 11.1. The number of aliphatic hydroxyl groups excluding tert-OH is 1. The Kier molecular flexibility index (Phi) is 13.8. The molecule has 1 atom stereocenters. The molecule has 0 fully saturated rings. The number of benzene rings is 1. The summed E-state index contributed by atoms with van der Waals surface area (Å²) in [6, 6.07) is 11.1. The molecule has 1 aromatic carbocycles. The molecule has 0 aliphatic rings. The fraction of sp³-hybridized carbons (Fsp3) is 0.655. The molecule has 2 N–H and O–H groups in total. The second-order valence-electron chi connectivity index (χ2n) is 10.9. The second-order valence-corrected chi connectivity index (χ2v) is 28.4. The Morgan fingerprint density at radius 2 is 1.42 bits per heavy atom. The van der Waals surface area contributed by atoms with E-state index in [9.17, 15) is 10.2 Å². The molecule has 0 aromatic heterocycles. The number of allylic oxidation sites excluding steroid dienone is 2. The van der Waals surface area contributed by atoms with Crippen molar-refractivity contribution in [2.75, 3.05) is 6.61 Å². The van der Waals surface area contributed by atoms with E-state index < -0.39 is 32.1 Å². The van der Waals surface area contributed by atoms with Crippen molar-refractivity contribution in [2.45, 2.75) is 112 Å². The zero-order valence-corrected chi connectivity index (χ0v) is 26.6. The molecule has 0 radical (unpaired) electrons. The van der Waals surface area contributed by atoms with Crippen LogP contribution in [0.4, 0.5) is 0 Å². The zero-order chi connectivity index (χ0) is 25.0. The van der Waals surface area contributed by atoms with Crippen LogP contribution in [0.3, 0.4) is 0 Å². The van der Waals surface area contributed by atoms with Gasteiger partial charge in [-0.3, -0.25) is 0 Å². The van der Waals surface area contributed by atoms with Crippen LogP contribution in [0.25, 0.3) is 0 Å². The quantitative estimate of drug-likeness (QED) is 0.157. The van der Waals surface area contributed by atoms with E-state index in [1.165, 1.54) is 57.0 Å². The van der Waals surface area contributed by atoms with Crippen molar-refractivity contribution in [1.82, 2.24) is 0 Å². The van der Waals surface area contributed by atoms with Gasteiger partial charge in [0.1, 0.15) is 0 Å². The molecule has 0 bridgehead atoms. The number of hydrogen-bond acceptors (Lipinski definition) is 2. The average Bonchev–Trinajstić information content (AvgIpc) is 2.79. The summed E-state index contributed by atoms with van der Waals surface area (Å²) >= 11 is -2.72. The molecule has 1 aromatic rings. The first-order valence-corrected chi connectivity index (χ1v) is 23.9. The molecule has 0 spiro atoms. The summed E-state index contributed by atoms with van der Waals surface area (Å²) in [5, 5.41) is 22.2. The number of unbranched alkanes of at least 4 members (excludes halogenated alkanes) is 3. The van der Waals surface area contributed by atoms with Gasteiger partial charge in [0.2, 0.25) is 0 Å². The van der Waals surface area contributed by atoms with Gasteiger partial charge in [-0.05, 0) is 0 Å². The fourth-order valence-electron chi connectivity index (χ4n) is 4.84. The molecule has 2 nitrogen and oxygen atoms in total. The molecular weight excluding hydrogens is 527 g/mol. The van der Waals surface area contributed by atoms with E-state index in [1.54, 1.807) is 3.59 Å². The monoisotopic (exact) mass is 580 g/mol. The van der Waals surface area contributed by atoms with E-state index in [4.69, 9.17) is 0 Å². The summed E-state index contributed by atoms with van der Waals surface area (Å²) < 4.78 is 5.91. The number of rotatable bonds is 16. The maximum atomic E-state index is 11.1. The Labute approximate surface area is 210 Å². The Balaban J connectivity index is 3.75. The van der Waals surface area contributed by atoms with Crippen LogP contribution in [0.2, 0.25) is 26.4 Å². The molecule has 0 unspecified atom stereocenters. The topological polar surface area (TPSA) is 40.5 Å². The minimum atomic E-state index is -2.72. The fourth-order valence-corrected chi connectivity index (χ4v) is 27.9. The van der Waals surface area contributed by atoms with E-state index in [-0.39, 0.29) is 6.61 Å². The first-order chi connectivity index (χ1) is 15.6. The Hall–Kier alpha value is -0.364. The molecule has 1 rings (SSSR count). The number of hydrogen-bond donors (Lipinski definition) is 2. The third kappa shape index (κ3) is 9.66. The SMILES string of the molecule is CCC[CH2][Sn]([CH2]CCC)([CH2]CCC)[C](=C\[Si](C)(C)c1ccccc1)/C=C(\C)[C@](C)(O)CCO. The molecule has 33 heavy (non-hydrogen) atoms. The van der Waals surface area contributed by atoms with Crippen LogP contribution >= 0.6 is 0 Å². The van der Waals surface area contributed by atoms with Gasteiger partial charge < -0.3 is 0 Å². The molecule has 0 amide bonds. The molecule has 188 valence electrons. The first-order valence-electron chi connectivity index (χ1n) is 13.4. The van der Waals surface area contributed by atoms with Crippen LogP contribution in [-0.4, -0.2) is 48.9 Å². The van der Waals surface area contributed by atoms with Gasteiger partial charge in [0.25, 0.3) is 0 Å². The van der Waals surface area contributed by atoms with Gasteiger partial charge >= 0.3 is 211 Å².